The number of rotatable bonds is 2. The normalized spacial score (nSPS) is 20.8. The fraction of sp³-hybridized carbons (Fsp3) is 0.643. The first-order chi connectivity index (χ1) is 8.63. The maximum absolute atomic E-state index is 12.6. The SMILES string of the molecule is CCn1cc(Br)cc1C(=O)N1CCCCCC1C. The fourth-order valence-corrected chi connectivity index (χ4v) is 3.10. The quantitative estimate of drug-likeness (QED) is 0.818. The Kier molecular flexibility index (Phi) is 4.49. The Balaban J connectivity index is 2.23. The molecule has 1 atom stereocenters. The van der Waals surface area contributed by atoms with Crippen LogP contribution in [0.3, 0.4) is 0 Å². The smallest absolute Gasteiger partial charge is 0.270 e. The molecule has 2 heterocycles. The van der Waals surface area contributed by atoms with Gasteiger partial charge in [-0.05, 0) is 48.7 Å². The van der Waals surface area contributed by atoms with Gasteiger partial charge in [0.25, 0.3) is 5.91 Å². The lowest BCUT2D eigenvalue weighted by atomic mass is 10.1. The number of hydrogen-bond acceptors (Lipinski definition) is 1. The molecular formula is C14H21BrN2O. The predicted octanol–water partition coefficient (Wildman–Crippen LogP) is 3.68. The van der Waals surface area contributed by atoms with Crippen LogP contribution in [0.2, 0.25) is 0 Å². The average Bonchev–Trinajstić information content (AvgIpc) is 2.60. The van der Waals surface area contributed by atoms with E-state index in [4.69, 9.17) is 0 Å². The van der Waals surface area contributed by atoms with Gasteiger partial charge in [0, 0.05) is 29.8 Å². The van der Waals surface area contributed by atoms with Crippen molar-refractivity contribution in [1.82, 2.24) is 9.47 Å². The van der Waals surface area contributed by atoms with Gasteiger partial charge in [-0.3, -0.25) is 4.79 Å². The number of halogens is 1. The summed E-state index contributed by atoms with van der Waals surface area (Å²) >= 11 is 3.46. The number of aromatic nitrogens is 1. The molecule has 100 valence electrons. The topological polar surface area (TPSA) is 25.2 Å². The van der Waals surface area contributed by atoms with Gasteiger partial charge < -0.3 is 9.47 Å². The minimum Gasteiger partial charge on any atom is -0.343 e. The number of likely N-dealkylation sites (tertiary alicyclic amines) is 1. The lowest BCUT2D eigenvalue weighted by molar-refractivity contribution is 0.0687. The van der Waals surface area contributed by atoms with Crippen LogP contribution in [0.5, 0.6) is 0 Å². The van der Waals surface area contributed by atoms with Crippen LogP contribution < -0.4 is 0 Å². The summed E-state index contributed by atoms with van der Waals surface area (Å²) in [7, 11) is 0. The number of aryl methyl sites for hydroxylation is 1. The first-order valence-electron chi connectivity index (χ1n) is 6.80. The molecule has 0 saturated carbocycles. The number of nitrogens with zero attached hydrogens (tertiary/aromatic N) is 2. The minimum absolute atomic E-state index is 0.178. The van der Waals surface area contributed by atoms with E-state index in [1.165, 1.54) is 12.8 Å². The van der Waals surface area contributed by atoms with Crippen LogP contribution in [0.4, 0.5) is 0 Å². The van der Waals surface area contributed by atoms with Crippen molar-refractivity contribution in [1.29, 1.82) is 0 Å². The van der Waals surface area contributed by atoms with E-state index < -0.39 is 0 Å². The molecule has 1 amide bonds. The van der Waals surface area contributed by atoms with Crippen molar-refractivity contribution < 1.29 is 4.79 Å². The second kappa shape index (κ2) is 5.91. The summed E-state index contributed by atoms with van der Waals surface area (Å²) in [5.74, 6) is 0.178. The molecule has 1 aromatic rings. The number of amides is 1. The summed E-state index contributed by atoms with van der Waals surface area (Å²) in [5.41, 5.74) is 0.804. The Hall–Kier alpha value is -0.770. The summed E-state index contributed by atoms with van der Waals surface area (Å²) < 4.78 is 3.00. The lowest BCUT2D eigenvalue weighted by Crippen LogP contribution is -2.39. The molecule has 0 bridgehead atoms. The first kappa shape index (κ1) is 13.7. The predicted molar refractivity (Wildman–Crippen MR) is 76.8 cm³/mol. The first-order valence-corrected chi connectivity index (χ1v) is 7.59. The van der Waals surface area contributed by atoms with Crippen LogP contribution in [-0.4, -0.2) is 28.0 Å². The highest BCUT2D eigenvalue weighted by Gasteiger charge is 2.25. The molecular weight excluding hydrogens is 292 g/mol. The van der Waals surface area contributed by atoms with Crippen molar-refractivity contribution >= 4 is 21.8 Å². The second-order valence-corrected chi connectivity index (χ2v) is 5.94. The third-order valence-corrected chi connectivity index (χ3v) is 4.17. The molecule has 1 unspecified atom stereocenters. The monoisotopic (exact) mass is 312 g/mol. The highest BCUT2D eigenvalue weighted by atomic mass is 79.9. The molecule has 2 rings (SSSR count). The van der Waals surface area contributed by atoms with E-state index in [1.807, 2.05) is 21.7 Å². The summed E-state index contributed by atoms with van der Waals surface area (Å²) in [4.78, 5) is 14.7. The highest BCUT2D eigenvalue weighted by molar-refractivity contribution is 9.10. The molecule has 4 heteroatoms. The summed E-state index contributed by atoms with van der Waals surface area (Å²) in [5, 5.41) is 0. The minimum atomic E-state index is 0.178. The maximum atomic E-state index is 12.6. The third-order valence-electron chi connectivity index (χ3n) is 3.74. The van der Waals surface area contributed by atoms with Gasteiger partial charge in [0.05, 0.1) is 0 Å². The van der Waals surface area contributed by atoms with E-state index in [0.717, 1.165) is 36.1 Å². The van der Waals surface area contributed by atoms with Gasteiger partial charge in [-0.2, -0.15) is 0 Å². The van der Waals surface area contributed by atoms with Gasteiger partial charge in [-0.1, -0.05) is 12.8 Å². The Labute approximate surface area is 117 Å². The Morgan fingerprint density at radius 1 is 1.44 bits per heavy atom. The Morgan fingerprint density at radius 3 is 2.94 bits per heavy atom. The van der Waals surface area contributed by atoms with Crippen molar-refractivity contribution in [2.75, 3.05) is 6.54 Å². The van der Waals surface area contributed by atoms with Crippen LogP contribution in [0.1, 0.15) is 50.0 Å². The molecule has 0 aliphatic carbocycles. The van der Waals surface area contributed by atoms with Gasteiger partial charge in [0.1, 0.15) is 5.69 Å². The molecule has 18 heavy (non-hydrogen) atoms. The lowest BCUT2D eigenvalue weighted by Gasteiger charge is -2.27. The van der Waals surface area contributed by atoms with Crippen molar-refractivity contribution in [2.45, 2.75) is 52.1 Å². The molecule has 0 aromatic carbocycles. The molecule has 1 fully saturated rings. The van der Waals surface area contributed by atoms with E-state index in [1.54, 1.807) is 0 Å². The molecule has 0 radical (unpaired) electrons. The van der Waals surface area contributed by atoms with Gasteiger partial charge in [-0.15, -0.1) is 0 Å². The Bertz CT molecular complexity index is 427. The summed E-state index contributed by atoms with van der Waals surface area (Å²) in [6.07, 6.45) is 6.72. The van der Waals surface area contributed by atoms with Gasteiger partial charge in [0.15, 0.2) is 0 Å². The average molecular weight is 313 g/mol. The van der Waals surface area contributed by atoms with Gasteiger partial charge in [-0.25, -0.2) is 0 Å². The van der Waals surface area contributed by atoms with E-state index in [9.17, 15) is 4.79 Å². The molecule has 1 aliphatic heterocycles. The maximum Gasteiger partial charge on any atom is 0.270 e. The molecule has 1 aliphatic rings. The van der Waals surface area contributed by atoms with Gasteiger partial charge in [0.2, 0.25) is 0 Å². The van der Waals surface area contributed by atoms with Crippen molar-refractivity contribution in [3.05, 3.63) is 22.4 Å². The number of carbonyl (C=O) groups excluding carboxylic acids is 1. The molecule has 1 aromatic heterocycles. The number of carbonyl (C=O) groups is 1. The van der Waals surface area contributed by atoms with E-state index in [2.05, 4.69) is 29.8 Å². The molecule has 3 nitrogen and oxygen atoms in total. The second-order valence-electron chi connectivity index (χ2n) is 5.03. The Morgan fingerprint density at radius 2 is 2.22 bits per heavy atom. The van der Waals surface area contributed by atoms with Crippen LogP contribution >= 0.6 is 15.9 Å². The van der Waals surface area contributed by atoms with Crippen molar-refractivity contribution in [3.63, 3.8) is 0 Å². The highest BCUT2D eigenvalue weighted by Crippen LogP contribution is 2.21. The largest absolute Gasteiger partial charge is 0.343 e. The van der Waals surface area contributed by atoms with E-state index in [-0.39, 0.29) is 5.91 Å². The van der Waals surface area contributed by atoms with E-state index in [0.29, 0.717) is 6.04 Å². The zero-order valence-corrected chi connectivity index (χ0v) is 12.7. The molecule has 0 N–H and O–H groups in total. The van der Waals surface area contributed by atoms with Crippen LogP contribution in [0, 0.1) is 0 Å². The van der Waals surface area contributed by atoms with Crippen LogP contribution in [-0.2, 0) is 6.54 Å². The zero-order chi connectivity index (χ0) is 13.1. The fourth-order valence-electron chi connectivity index (χ4n) is 2.64. The zero-order valence-electron chi connectivity index (χ0n) is 11.2. The van der Waals surface area contributed by atoms with Crippen molar-refractivity contribution in [3.8, 4) is 0 Å². The van der Waals surface area contributed by atoms with E-state index >= 15 is 0 Å². The van der Waals surface area contributed by atoms with Gasteiger partial charge >= 0.3 is 0 Å². The molecule has 1 saturated heterocycles. The van der Waals surface area contributed by atoms with Crippen LogP contribution in [0.15, 0.2) is 16.7 Å². The standard InChI is InChI=1S/C14H21BrN2O/c1-3-16-10-12(15)9-13(16)14(18)17-8-6-4-5-7-11(17)2/h9-11H,3-8H2,1-2H3. The summed E-state index contributed by atoms with van der Waals surface area (Å²) in [6, 6.07) is 2.29. The van der Waals surface area contributed by atoms with Crippen LogP contribution in [0.25, 0.3) is 0 Å². The third kappa shape index (κ3) is 2.79. The summed E-state index contributed by atoms with van der Waals surface area (Å²) in [6.45, 7) is 5.95. The molecule has 0 spiro atoms. The van der Waals surface area contributed by atoms with Crippen molar-refractivity contribution in [2.24, 2.45) is 0 Å². The number of hydrogen-bond donors (Lipinski definition) is 0.